The highest BCUT2D eigenvalue weighted by Crippen LogP contribution is 2.35. The fraction of sp³-hybridized carbons (Fsp3) is 0.333. The number of hydrogen-bond donors (Lipinski definition) is 1. The molecule has 0 bridgehead atoms. The molecule has 13 heavy (non-hydrogen) atoms. The molecule has 4 heteroatoms. The molecule has 0 aromatic carbocycles. The average Bonchev–Trinajstić information content (AvgIpc) is 2.59. The highest BCUT2D eigenvalue weighted by atomic mass is 16.5. The van der Waals surface area contributed by atoms with Crippen LogP contribution in [0.5, 0.6) is 5.75 Å². The Hall–Kier alpha value is -1.58. The Morgan fingerprint density at radius 2 is 2.54 bits per heavy atom. The standard InChI is InChI=1S/C9H11N3O/c1-6-4-11-9(12-5-10)8-7(6)2-3-13-8/h4-5H,2-3H2,1H3,(H2,10,11,12). The van der Waals surface area contributed by atoms with Gasteiger partial charge in [0.15, 0.2) is 11.6 Å². The first-order valence-corrected chi connectivity index (χ1v) is 4.18. The Labute approximate surface area is 76.5 Å². The molecule has 0 radical (unpaired) electrons. The van der Waals surface area contributed by atoms with Gasteiger partial charge >= 0.3 is 0 Å². The highest BCUT2D eigenvalue weighted by molar-refractivity contribution is 5.63. The summed E-state index contributed by atoms with van der Waals surface area (Å²) >= 11 is 0. The molecule has 0 unspecified atom stereocenters. The van der Waals surface area contributed by atoms with Crippen LogP contribution in [0.1, 0.15) is 11.1 Å². The van der Waals surface area contributed by atoms with Crippen LogP contribution in [-0.2, 0) is 6.42 Å². The molecule has 0 fully saturated rings. The van der Waals surface area contributed by atoms with Crippen LogP contribution < -0.4 is 10.5 Å². The highest BCUT2D eigenvalue weighted by Gasteiger charge is 2.18. The maximum Gasteiger partial charge on any atom is 0.196 e. The summed E-state index contributed by atoms with van der Waals surface area (Å²) in [5.41, 5.74) is 7.57. The van der Waals surface area contributed by atoms with E-state index in [-0.39, 0.29) is 0 Å². The molecular formula is C9H11N3O. The van der Waals surface area contributed by atoms with Crippen molar-refractivity contribution in [3.8, 4) is 5.75 Å². The number of nitrogens with two attached hydrogens (primary N) is 1. The van der Waals surface area contributed by atoms with E-state index in [9.17, 15) is 0 Å². The van der Waals surface area contributed by atoms with Gasteiger partial charge < -0.3 is 10.5 Å². The Morgan fingerprint density at radius 1 is 1.69 bits per heavy atom. The van der Waals surface area contributed by atoms with Crippen molar-refractivity contribution in [2.45, 2.75) is 13.3 Å². The van der Waals surface area contributed by atoms with Crippen molar-refractivity contribution in [1.29, 1.82) is 0 Å². The summed E-state index contributed by atoms with van der Waals surface area (Å²) in [5, 5.41) is 0. The fourth-order valence-corrected chi connectivity index (χ4v) is 1.49. The summed E-state index contributed by atoms with van der Waals surface area (Å²) in [6.07, 6.45) is 3.98. The summed E-state index contributed by atoms with van der Waals surface area (Å²) in [4.78, 5) is 8.07. The lowest BCUT2D eigenvalue weighted by atomic mass is 10.1. The minimum Gasteiger partial charge on any atom is -0.489 e. The smallest absolute Gasteiger partial charge is 0.196 e. The molecule has 0 saturated carbocycles. The number of hydrogen-bond acceptors (Lipinski definition) is 3. The Kier molecular flexibility index (Phi) is 1.88. The molecule has 4 nitrogen and oxygen atoms in total. The van der Waals surface area contributed by atoms with Crippen LogP contribution >= 0.6 is 0 Å². The zero-order valence-corrected chi connectivity index (χ0v) is 7.45. The second kappa shape index (κ2) is 3.05. The van der Waals surface area contributed by atoms with Crippen LogP contribution in [0.25, 0.3) is 0 Å². The van der Waals surface area contributed by atoms with Crippen LogP contribution in [0.3, 0.4) is 0 Å². The number of aliphatic imine (C=N–C) groups is 1. The van der Waals surface area contributed by atoms with Crippen LogP contribution in [0.15, 0.2) is 11.2 Å². The van der Waals surface area contributed by atoms with Gasteiger partial charge in [-0.05, 0) is 12.5 Å². The molecule has 0 amide bonds. The van der Waals surface area contributed by atoms with Gasteiger partial charge in [0.25, 0.3) is 0 Å². The third-order valence-electron chi connectivity index (χ3n) is 2.13. The van der Waals surface area contributed by atoms with Gasteiger partial charge in [-0.15, -0.1) is 0 Å². The number of nitrogens with zero attached hydrogens (tertiary/aromatic N) is 2. The van der Waals surface area contributed by atoms with Gasteiger partial charge in [-0.1, -0.05) is 0 Å². The third kappa shape index (κ3) is 1.24. The number of fused-ring (bicyclic) bond motifs is 1. The lowest BCUT2D eigenvalue weighted by Crippen LogP contribution is -1.91. The first-order valence-electron chi connectivity index (χ1n) is 4.18. The SMILES string of the molecule is Cc1cnc(N=CN)c2c1CCO2. The molecule has 0 spiro atoms. The normalized spacial score (nSPS) is 14.5. The van der Waals surface area contributed by atoms with E-state index in [2.05, 4.69) is 9.98 Å². The third-order valence-corrected chi connectivity index (χ3v) is 2.13. The average molecular weight is 177 g/mol. The van der Waals surface area contributed by atoms with Gasteiger partial charge in [0.1, 0.15) is 0 Å². The van der Waals surface area contributed by atoms with Gasteiger partial charge in [0, 0.05) is 18.2 Å². The van der Waals surface area contributed by atoms with Gasteiger partial charge in [-0.25, -0.2) is 9.98 Å². The molecule has 2 N–H and O–H groups in total. The first kappa shape index (κ1) is 8.04. The molecule has 0 atom stereocenters. The zero-order valence-electron chi connectivity index (χ0n) is 7.45. The maximum atomic E-state index is 5.43. The molecule has 1 aliphatic rings. The van der Waals surface area contributed by atoms with Crippen LogP contribution in [0, 0.1) is 6.92 Å². The number of ether oxygens (including phenoxy) is 1. The predicted octanol–water partition coefficient (Wildman–Crippen LogP) is 0.943. The second-order valence-corrected chi connectivity index (χ2v) is 2.95. The lowest BCUT2D eigenvalue weighted by molar-refractivity contribution is 0.357. The molecule has 1 aliphatic heterocycles. The molecule has 2 heterocycles. The molecule has 0 aliphatic carbocycles. The minimum absolute atomic E-state index is 0.584. The summed E-state index contributed by atoms with van der Waals surface area (Å²) < 4.78 is 5.43. The van der Waals surface area contributed by atoms with E-state index in [0.717, 1.165) is 24.3 Å². The van der Waals surface area contributed by atoms with Gasteiger partial charge in [0.2, 0.25) is 0 Å². The summed E-state index contributed by atoms with van der Waals surface area (Å²) in [5.74, 6) is 1.38. The Bertz CT molecular complexity index is 360. The van der Waals surface area contributed by atoms with Crippen molar-refractivity contribution in [2.24, 2.45) is 10.7 Å². The molecule has 68 valence electrons. The van der Waals surface area contributed by atoms with E-state index in [1.54, 1.807) is 6.20 Å². The van der Waals surface area contributed by atoms with E-state index in [1.807, 2.05) is 6.92 Å². The van der Waals surface area contributed by atoms with Gasteiger partial charge in [-0.2, -0.15) is 0 Å². The van der Waals surface area contributed by atoms with Crippen molar-refractivity contribution in [1.82, 2.24) is 4.98 Å². The van der Waals surface area contributed by atoms with E-state index >= 15 is 0 Å². The van der Waals surface area contributed by atoms with Crippen LogP contribution in [0.2, 0.25) is 0 Å². The maximum absolute atomic E-state index is 5.43. The second-order valence-electron chi connectivity index (χ2n) is 2.95. The molecular weight excluding hydrogens is 166 g/mol. The number of pyridine rings is 1. The number of rotatable bonds is 1. The van der Waals surface area contributed by atoms with Crippen LogP contribution in [0.4, 0.5) is 5.82 Å². The molecule has 1 aromatic rings. The lowest BCUT2D eigenvalue weighted by Gasteiger charge is -2.03. The van der Waals surface area contributed by atoms with Crippen molar-refractivity contribution in [2.75, 3.05) is 6.61 Å². The monoisotopic (exact) mass is 177 g/mol. The Morgan fingerprint density at radius 3 is 3.31 bits per heavy atom. The Balaban J connectivity index is 2.55. The zero-order chi connectivity index (χ0) is 9.26. The van der Waals surface area contributed by atoms with Crippen molar-refractivity contribution >= 4 is 12.2 Å². The van der Waals surface area contributed by atoms with Crippen molar-refractivity contribution < 1.29 is 4.74 Å². The predicted molar refractivity (Wildman–Crippen MR) is 50.5 cm³/mol. The summed E-state index contributed by atoms with van der Waals surface area (Å²) in [6.45, 7) is 2.74. The summed E-state index contributed by atoms with van der Waals surface area (Å²) in [6, 6.07) is 0. The number of aryl methyl sites for hydroxylation is 1. The van der Waals surface area contributed by atoms with E-state index in [0.29, 0.717) is 5.82 Å². The number of aromatic nitrogens is 1. The van der Waals surface area contributed by atoms with E-state index < -0.39 is 0 Å². The first-order chi connectivity index (χ1) is 6.33. The van der Waals surface area contributed by atoms with Crippen LogP contribution in [-0.4, -0.2) is 17.9 Å². The minimum atomic E-state index is 0.584. The van der Waals surface area contributed by atoms with Crippen molar-refractivity contribution in [3.05, 3.63) is 17.3 Å². The molecule has 0 saturated heterocycles. The van der Waals surface area contributed by atoms with E-state index in [4.69, 9.17) is 10.5 Å². The summed E-state index contributed by atoms with van der Waals surface area (Å²) in [7, 11) is 0. The van der Waals surface area contributed by atoms with Gasteiger partial charge in [-0.3, -0.25) is 0 Å². The van der Waals surface area contributed by atoms with E-state index in [1.165, 1.54) is 11.9 Å². The fourth-order valence-electron chi connectivity index (χ4n) is 1.49. The quantitative estimate of drug-likeness (QED) is 0.513. The van der Waals surface area contributed by atoms with Crippen molar-refractivity contribution in [3.63, 3.8) is 0 Å². The van der Waals surface area contributed by atoms with Gasteiger partial charge in [0.05, 0.1) is 12.9 Å². The topological polar surface area (TPSA) is 60.5 Å². The molecule has 1 aromatic heterocycles. The molecule has 2 rings (SSSR count). The largest absolute Gasteiger partial charge is 0.489 e.